The zero-order valence-electron chi connectivity index (χ0n) is 13.3. The summed E-state index contributed by atoms with van der Waals surface area (Å²) in [5, 5.41) is 0. The topological polar surface area (TPSA) is 15.6 Å². The molecule has 0 radical (unpaired) electrons. The lowest BCUT2D eigenvalue weighted by molar-refractivity contribution is 0.489. The van der Waals surface area contributed by atoms with Crippen LogP contribution in [0.15, 0.2) is 29.3 Å². The number of benzene rings is 1. The minimum atomic E-state index is 0.674. The summed E-state index contributed by atoms with van der Waals surface area (Å²) in [5.41, 5.74) is 2.48. The summed E-state index contributed by atoms with van der Waals surface area (Å²) in [6.07, 6.45) is 2.47. The molecular weight excluding hydrogens is 232 g/mol. The van der Waals surface area contributed by atoms with E-state index in [-0.39, 0.29) is 0 Å². The van der Waals surface area contributed by atoms with Crippen molar-refractivity contribution in [3.63, 3.8) is 0 Å². The van der Waals surface area contributed by atoms with Crippen molar-refractivity contribution in [3.05, 3.63) is 29.8 Å². The largest absolute Gasteiger partial charge is 0.366 e. The van der Waals surface area contributed by atoms with Gasteiger partial charge in [-0.2, -0.15) is 0 Å². The maximum atomic E-state index is 4.59. The van der Waals surface area contributed by atoms with Gasteiger partial charge in [0.15, 0.2) is 0 Å². The van der Waals surface area contributed by atoms with Crippen LogP contribution in [0, 0.1) is 5.92 Å². The minimum absolute atomic E-state index is 0.674. The van der Waals surface area contributed by atoms with Crippen molar-refractivity contribution in [2.45, 2.75) is 46.5 Å². The third-order valence-electron chi connectivity index (χ3n) is 3.55. The van der Waals surface area contributed by atoms with E-state index in [1.54, 1.807) is 0 Å². The van der Waals surface area contributed by atoms with Crippen molar-refractivity contribution in [3.8, 4) is 0 Å². The molecule has 1 aromatic rings. The third-order valence-corrected chi connectivity index (χ3v) is 3.55. The van der Waals surface area contributed by atoms with Crippen LogP contribution in [0.4, 0.5) is 5.69 Å². The Hall–Kier alpha value is -1.31. The quantitative estimate of drug-likeness (QED) is 0.546. The van der Waals surface area contributed by atoms with Gasteiger partial charge in [-0.3, -0.25) is 0 Å². The molecule has 1 aromatic carbocycles. The van der Waals surface area contributed by atoms with E-state index < -0.39 is 0 Å². The summed E-state index contributed by atoms with van der Waals surface area (Å²) in [7, 11) is 4.03. The molecular formula is C17H28N2. The number of hydrogen-bond acceptors (Lipinski definition) is 1. The fourth-order valence-electron chi connectivity index (χ4n) is 2.22. The normalized spacial score (nSPS) is 13.7. The summed E-state index contributed by atoms with van der Waals surface area (Å²) < 4.78 is 0. The standard InChI is InChI=1S/C17H28N2/c1-7-15(12-13(2)3)16-8-10-17(11-9-16)18-14(4)19(5)6/h8-11,13,15H,7,12H2,1-6H3/b18-14+. The first-order valence-corrected chi connectivity index (χ1v) is 7.26. The Morgan fingerprint density at radius 2 is 1.74 bits per heavy atom. The number of nitrogens with zero attached hydrogens (tertiary/aromatic N) is 2. The Bertz CT molecular complexity index is 402. The molecule has 0 aromatic heterocycles. The highest BCUT2D eigenvalue weighted by molar-refractivity contribution is 5.81. The highest BCUT2D eigenvalue weighted by atomic mass is 15.1. The fraction of sp³-hybridized carbons (Fsp3) is 0.588. The van der Waals surface area contributed by atoms with Gasteiger partial charge >= 0.3 is 0 Å². The van der Waals surface area contributed by atoms with Gasteiger partial charge in [-0.15, -0.1) is 0 Å². The second-order valence-corrected chi connectivity index (χ2v) is 5.88. The van der Waals surface area contributed by atoms with Crippen LogP contribution in [-0.4, -0.2) is 24.8 Å². The monoisotopic (exact) mass is 260 g/mol. The van der Waals surface area contributed by atoms with E-state index in [9.17, 15) is 0 Å². The smallest absolute Gasteiger partial charge is 0.101 e. The van der Waals surface area contributed by atoms with Gasteiger partial charge in [0.25, 0.3) is 0 Å². The van der Waals surface area contributed by atoms with Crippen LogP contribution in [0.25, 0.3) is 0 Å². The zero-order chi connectivity index (χ0) is 14.4. The van der Waals surface area contributed by atoms with Gasteiger partial charge in [0.05, 0.1) is 5.69 Å². The van der Waals surface area contributed by atoms with Gasteiger partial charge in [0.2, 0.25) is 0 Å². The molecule has 1 atom stereocenters. The average Bonchev–Trinajstić information content (AvgIpc) is 2.36. The van der Waals surface area contributed by atoms with Crippen LogP contribution in [-0.2, 0) is 0 Å². The molecule has 106 valence electrons. The zero-order valence-corrected chi connectivity index (χ0v) is 13.3. The molecule has 0 heterocycles. The average molecular weight is 260 g/mol. The molecule has 0 spiro atoms. The molecule has 19 heavy (non-hydrogen) atoms. The molecule has 0 bridgehead atoms. The molecule has 1 unspecified atom stereocenters. The van der Waals surface area contributed by atoms with E-state index in [2.05, 4.69) is 50.0 Å². The lowest BCUT2D eigenvalue weighted by Crippen LogP contribution is -2.17. The van der Waals surface area contributed by atoms with E-state index in [1.165, 1.54) is 18.4 Å². The predicted octanol–water partition coefficient (Wildman–Crippen LogP) is 4.84. The van der Waals surface area contributed by atoms with E-state index >= 15 is 0 Å². The summed E-state index contributed by atoms with van der Waals surface area (Å²) in [4.78, 5) is 6.62. The van der Waals surface area contributed by atoms with Crippen molar-refractivity contribution < 1.29 is 0 Å². The first kappa shape index (κ1) is 15.7. The van der Waals surface area contributed by atoms with Gasteiger partial charge in [-0.1, -0.05) is 32.9 Å². The third kappa shape index (κ3) is 5.06. The van der Waals surface area contributed by atoms with E-state index in [4.69, 9.17) is 0 Å². The van der Waals surface area contributed by atoms with Gasteiger partial charge in [-0.25, -0.2) is 4.99 Å². The Morgan fingerprint density at radius 3 is 2.16 bits per heavy atom. The number of amidine groups is 1. The van der Waals surface area contributed by atoms with Crippen LogP contribution in [0.5, 0.6) is 0 Å². The van der Waals surface area contributed by atoms with Crippen LogP contribution in [0.1, 0.15) is 52.0 Å². The Balaban J connectivity index is 2.83. The molecule has 0 N–H and O–H groups in total. The molecule has 0 aliphatic rings. The fourth-order valence-corrected chi connectivity index (χ4v) is 2.22. The summed E-state index contributed by atoms with van der Waals surface area (Å²) >= 11 is 0. The molecule has 1 rings (SSSR count). The van der Waals surface area contributed by atoms with Crippen molar-refractivity contribution in [1.82, 2.24) is 4.90 Å². The van der Waals surface area contributed by atoms with E-state index in [0.29, 0.717) is 5.92 Å². The van der Waals surface area contributed by atoms with Crippen LogP contribution in [0.2, 0.25) is 0 Å². The second kappa shape index (κ2) is 7.32. The van der Waals surface area contributed by atoms with Gasteiger partial charge < -0.3 is 4.90 Å². The summed E-state index contributed by atoms with van der Waals surface area (Å²) in [6.45, 7) is 8.89. The molecule has 0 saturated heterocycles. The first-order valence-electron chi connectivity index (χ1n) is 7.26. The van der Waals surface area contributed by atoms with Gasteiger partial charge in [0.1, 0.15) is 5.84 Å². The lowest BCUT2D eigenvalue weighted by atomic mass is 9.88. The van der Waals surface area contributed by atoms with Crippen molar-refractivity contribution in [2.24, 2.45) is 10.9 Å². The highest BCUT2D eigenvalue weighted by Gasteiger charge is 2.11. The maximum Gasteiger partial charge on any atom is 0.101 e. The van der Waals surface area contributed by atoms with Crippen molar-refractivity contribution >= 4 is 11.5 Å². The molecule has 2 nitrogen and oxygen atoms in total. The molecule has 0 saturated carbocycles. The minimum Gasteiger partial charge on any atom is -0.366 e. The summed E-state index contributed by atoms with van der Waals surface area (Å²) in [5.74, 6) is 2.45. The van der Waals surface area contributed by atoms with Crippen molar-refractivity contribution in [1.29, 1.82) is 0 Å². The number of rotatable bonds is 5. The predicted molar refractivity (Wildman–Crippen MR) is 85.4 cm³/mol. The van der Waals surface area contributed by atoms with E-state index in [0.717, 1.165) is 17.4 Å². The van der Waals surface area contributed by atoms with Crippen LogP contribution in [0.3, 0.4) is 0 Å². The molecule has 0 fully saturated rings. The Morgan fingerprint density at radius 1 is 1.16 bits per heavy atom. The van der Waals surface area contributed by atoms with Gasteiger partial charge in [-0.05, 0) is 49.3 Å². The first-order chi connectivity index (χ1) is 8.93. The Labute approximate surface area is 118 Å². The highest BCUT2D eigenvalue weighted by Crippen LogP contribution is 2.28. The maximum absolute atomic E-state index is 4.59. The van der Waals surface area contributed by atoms with Crippen molar-refractivity contribution in [2.75, 3.05) is 14.1 Å². The second-order valence-electron chi connectivity index (χ2n) is 5.88. The van der Waals surface area contributed by atoms with Crippen LogP contribution < -0.4 is 0 Å². The molecule has 0 aliphatic carbocycles. The SMILES string of the molecule is CCC(CC(C)C)c1ccc(/N=C(\C)N(C)C)cc1. The van der Waals surface area contributed by atoms with Crippen LogP contribution >= 0.6 is 0 Å². The molecule has 0 aliphatic heterocycles. The molecule has 2 heteroatoms. The number of aliphatic imine (C=N–C) groups is 1. The summed E-state index contributed by atoms with van der Waals surface area (Å²) in [6, 6.07) is 8.73. The van der Waals surface area contributed by atoms with E-state index in [1.807, 2.05) is 25.9 Å². The Kier molecular flexibility index (Phi) is 6.07. The lowest BCUT2D eigenvalue weighted by Gasteiger charge is -2.18. The molecule has 0 amide bonds. The van der Waals surface area contributed by atoms with Gasteiger partial charge in [0, 0.05) is 14.1 Å². The number of hydrogen-bond donors (Lipinski definition) is 0.